The molecular formula is C13H23NO3. The summed E-state index contributed by atoms with van der Waals surface area (Å²) in [5.74, 6) is -0.241. The lowest BCUT2D eigenvalue weighted by Gasteiger charge is -2.28. The number of nitrogens with one attached hydrogen (secondary N) is 1. The molecule has 4 heteroatoms. The number of carboxylic acid groups (broad SMARTS) is 1. The van der Waals surface area contributed by atoms with Gasteiger partial charge in [-0.05, 0) is 32.1 Å². The largest absolute Gasteiger partial charge is 0.481 e. The van der Waals surface area contributed by atoms with Gasteiger partial charge in [0.15, 0.2) is 0 Å². The molecule has 0 radical (unpaired) electrons. The quantitative estimate of drug-likeness (QED) is 0.750. The minimum atomic E-state index is -0.835. The van der Waals surface area contributed by atoms with E-state index in [-0.39, 0.29) is 18.4 Å². The minimum Gasteiger partial charge on any atom is -0.481 e. The molecule has 98 valence electrons. The molecule has 0 aromatic carbocycles. The summed E-state index contributed by atoms with van der Waals surface area (Å²) >= 11 is 0. The number of hydrogen-bond acceptors (Lipinski definition) is 2. The Kier molecular flexibility index (Phi) is 6.01. The molecule has 1 amide bonds. The third kappa shape index (κ3) is 5.71. The summed E-state index contributed by atoms with van der Waals surface area (Å²) in [6.07, 6.45) is 7.09. The fourth-order valence-corrected chi connectivity index (χ4v) is 2.48. The molecule has 2 N–H and O–H groups in total. The zero-order chi connectivity index (χ0) is 12.7. The third-order valence-electron chi connectivity index (χ3n) is 3.54. The van der Waals surface area contributed by atoms with Gasteiger partial charge in [-0.25, -0.2) is 0 Å². The van der Waals surface area contributed by atoms with E-state index < -0.39 is 5.97 Å². The monoisotopic (exact) mass is 241 g/mol. The molecule has 1 saturated carbocycles. The highest BCUT2D eigenvalue weighted by molar-refractivity contribution is 5.77. The second kappa shape index (κ2) is 7.30. The van der Waals surface area contributed by atoms with Crippen molar-refractivity contribution in [2.45, 2.75) is 64.3 Å². The van der Waals surface area contributed by atoms with E-state index in [0.29, 0.717) is 18.8 Å². The van der Waals surface area contributed by atoms with Crippen molar-refractivity contribution >= 4 is 11.9 Å². The highest BCUT2D eigenvalue weighted by Crippen LogP contribution is 2.26. The molecule has 0 saturated heterocycles. The molecule has 0 bridgehead atoms. The van der Waals surface area contributed by atoms with E-state index >= 15 is 0 Å². The van der Waals surface area contributed by atoms with E-state index in [2.05, 4.69) is 12.2 Å². The van der Waals surface area contributed by atoms with Gasteiger partial charge in [0.05, 0.1) is 0 Å². The molecule has 1 aliphatic rings. The molecule has 0 spiro atoms. The van der Waals surface area contributed by atoms with Crippen LogP contribution in [-0.2, 0) is 9.59 Å². The van der Waals surface area contributed by atoms with E-state index in [0.717, 1.165) is 0 Å². The molecule has 1 unspecified atom stereocenters. The predicted molar refractivity (Wildman–Crippen MR) is 65.7 cm³/mol. The Hall–Kier alpha value is -1.06. The maximum atomic E-state index is 11.6. The van der Waals surface area contributed by atoms with Gasteiger partial charge >= 0.3 is 5.97 Å². The molecule has 1 fully saturated rings. The van der Waals surface area contributed by atoms with Crippen molar-refractivity contribution in [3.8, 4) is 0 Å². The fraction of sp³-hybridized carbons (Fsp3) is 0.846. The van der Waals surface area contributed by atoms with E-state index in [1.54, 1.807) is 0 Å². The van der Waals surface area contributed by atoms with Crippen LogP contribution in [0.5, 0.6) is 0 Å². The van der Waals surface area contributed by atoms with Gasteiger partial charge in [0, 0.05) is 18.9 Å². The van der Waals surface area contributed by atoms with Crippen LogP contribution in [0, 0.1) is 5.92 Å². The zero-order valence-corrected chi connectivity index (χ0v) is 10.6. The smallest absolute Gasteiger partial charge is 0.303 e. The van der Waals surface area contributed by atoms with Crippen molar-refractivity contribution in [2.75, 3.05) is 0 Å². The standard InChI is InChI=1S/C13H23NO3/c1-10(11-6-3-2-4-7-11)14-12(15)8-5-9-13(16)17/h10-11H,2-9H2,1H3,(H,14,15)(H,16,17). The van der Waals surface area contributed by atoms with Crippen molar-refractivity contribution in [3.63, 3.8) is 0 Å². The van der Waals surface area contributed by atoms with E-state index in [1.807, 2.05) is 0 Å². The second-order valence-corrected chi connectivity index (χ2v) is 5.00. The van der Waals surface area contributed by atoms with E-state index in [9.17, 15) is 9.59 Å². The number of amides is 1. The molecule has 0 heterocycles. The van der Waals surface area contributed by atoms with Gasteiger partial charge < -0.3 is 10.4 Å². The molecular weight excluding hydrogens is 218 g/mol. The Balaban J connectivity index is 2.18. The number of carboxylic acids is 1. The van der Waals surface area contributed by atoms with Crippen molar-refractivity contribution in [1.82, 2.24) is 5.32 Å². The third-order valence-corrected chi connectivity index (χ3v) is 3.54. The number of hydrogen-bond donors (Lipinski definition) is 2. The second-order valence-electron chi connectivity index (χ2n) is 5.00. The van der Waals surface area contributed by atoms with E-state index in [4.69, 9.17) is 5.11 Å². The van der Waals surface area contributed by atoms with Crippen LogP contribution >= 0.6 is 0 Å². The Morgan fingerprint density at radius 3 is 2.47 bits per heavy atom. The maximum Gasteiger partial charge on any atom is 0.303 e. The Labute approximate surface area is 103 Å². The predicted octanol–water partition coefficient (Wildman–Crippen LogP) is 2.33. The van der Waals surface area contributed by atoms with Gasteiger partial charge in [-0.2, -0.15) is 0 Å². The van der Waals surface area contributed by atoms with Gasteiger partial charge in [0.1, 0.15) is 0 Å². The zero-order valence-electron chi connectivity index (χ0n) is 10.6. The Morgan fingerprint density at radius 2 is 1.88 bits per heavy atom. The highest BCUT2D eigenvalue weighted by atomic mass is 16.4. The first-order valence-electron chi connectivity index (χ1n) is 6.60. The topological polar surface area (TPSA) is 66.4 Å². The summed E-state index contributed by atoms with van der Waals surface area (Å²) in [5.41, 5.74) is 0. The summed E-state index contributed by atoms with van der Waals surface area (Å²) in [5, 5.41) is 11.5. The number of rotatable bonds is 6. The maximum absolute atomic E-state index is 11.6. The van der Waals surface area contributed by atoms with Crippen molar-refractivity contribution in [1.29, 1.82) is 0 Å². The van der Waals surface area contributed by atoms with Gasteiger partial charge in [-0.3, -0.25) is 9.59 Å². The molecule has 17 heavy (non-hydrogen) atoms. The molecule has 1 rings (SSSR count). The van der Waals surface area contributed by atoms with Crippen LogP contribution in [0.2, 0.25) is 0 Å². The number of aliphatic carboxylic acids is 1. The average Bonchev–Trinajstić information content (AvgIpc) is 2.29. The fourth-order valence-electron chi connectivity index (χ4n) is 2.48. The average molecular weight is 241 g/mol. The molecule has 0 aliphatic heterocycles. The first-order chi connectivity index (χ1) is 8.09. The van der Waals surface area contributed by atoms with Crippen LogP contribution in [0.1, 0.15) is 58.3 Å². The van der Waals surface area contributed by atoms with Crippen LogP contribution in [0.25, 0.3) is 0 Å². The summed E-state index contributed by atoms with van der Waals surface area (Å²) in [6.45, 7) is 2.06. The van der Waals surface area contributed by atoms with Crippen LogP contribution in [0.3, 0.4) is 0 Å². The van der Waals surface area contributed by atoms with E-state index in [1.165, 1.54) is 32.1 Å². The van der Waals surface area contributed by atoms with Gasteiger partial charge in [0.2, 0.25) is 5.91 Å². The van der Waals surface area contributed by atoms with Crippen LogP contribution in [0.4, 0.5) is 0 Å². The minimum absolute atomic E-state index is 0.00989. The number of carbonyl (C=O) groups is 2. The molecule has 4 nitrogen and oxygen atoms in total. The Bertz CT molecular complexity index is 259. The van der Waals surface area contributed by atoms with Crippen LogP contribution in [0.15, 0.2) is 0 Å². The lowest BCUT2D eigenvalue weighted by molar-refractivity contribution is -0.137. The molecule has 1 atom stereocenters. The lowest BCUT2D eigenvalue weighted by Crippen LogP contribution is -2.38. The SMILES string of the molecule is CC(NC(=O)CCCC(=O)O)C1CCCCC1. The summed E-state index contributed by atoms with van der Waals surface area (Å²) in [4.78, 5) is 21.9. The molecule has 0 aromatic heterocycles. The van der Waals surface area contributed by atoms with Crippen molar-refractivity contribution in [2.24, 2.45) is 5.92 Å². The van der Waals surface area contributed by atoms with Crippen molar-refractivity contribution in [3.05, 3.63) is 0 Å². The molecule has 0 aromatic rings. The van der Waals surface area contributed by atoms with Gasteiger partial charge in [0.25, 0.3) is 0 Å². The Morgan fingerprint density at radius 1 is 1.24 bits per heavy atom. The lowest BCUT2D eigenvalue weighted by atomic mass is 9.84. The molecule has 1 aliphatic carbocycles. The normalized spacial score (nSPS) is 18.6. The van der Waals surface area contributed by atoms with Crippen molar-refractivity contribution < 1.29 is 14.7 Å². The summed E-state index contributed by atoms with van der Waals surface area (Å²) in [6, 6.07) is 0.229. The van der Waals surface area contributed by atoms with Gasteiger partial charge in [-0.1, -0.05) is 19.3 Å². The first-order valence-corrected chi connectivity index (χ1v) is 6.60. The first kappa shape index (κ1) is 14.0. The van der Waals surface area contributed by atoms with Gasteiger partial charge in [-0.15, -0.1) is 0 Å². The van der Waals surface area contributed by atoms with Crippen LogP contribution in [-0.4, -0.2) is 23.0 Å². The summed E-state index contributed by atoms with van der Waals surface area (Å²) < 4.78 is 0. The summed E-state index contributed by atoms with van der Waals surface area (Å²) in [7, 11) is 0. The van der Waals surface area contributed by atoms with Crippen LogP contribution < -0.4 is 5.32 Å². The number of carbonyl (C=O) groups excluding carboxylic acids is 1. The highest BCUT2D eigenvalue weighted by Gasteiger charge is 2.21.